The Labute approximate surface area is 155 Å². The summed E-state index contributed by atoms with van der Waals surface area (Å²) in [6.45, 7) is 2.84. The number of carbonyl (C=O) groups is 1. The van der Waals surface area contributed by atoms with Crippen LogP contribution in [0.5, 0.6) is 0 Å². The predicted molar refractivity (Wildman–Crippen MR) is 102 cm³/mol. The highest BCUT2D eigenvalue weighted by atomic mass is 127. The van der Waals surface area contributed by atoms with E-state index in [-0.39, 0.29) is 11.9 Å². The smallest absolute Gasteiger partial charge is 0.252 e. The minimum Gasteiger partial charge on any atom is -0.348 e. The van der Waals surface area contributed by atoms with Crippen molar-refractivity contribution in [3.63, 3.8) is 0 Å². The van der Waals surface area contributed by atoms with Crippen molar-refractivity contribution < 1.29 is 4.79 Å². The Morgan fingerprint density at radius 1 is 1.26 bits per heavy atom. The summed E-state index contributed by atoms with van der Waals surface area (Å²) >= 11 is 8.10. The van der Waals surface area contributed by atoms with Gasteiger partial charge >= 0.3 is 0 Å². The second-order valence-electron chi connectivity index (χ2n) is 5.80. The molecule has 5 heteroatoms. The lowest BCUT2D eigenvalue weighted by atomic mass is 10.2. The number of hydrogen-bond donors (Lipinski definition) is 1. The summed E-state index contributed by atoms with van der Waals surface area (Å²) in [6, 6.07) is 16.0. The molecule has 2 aromatic carbocycles. The molecule has 23 heavy (non-hydrogen) atoms. The second kappa shape index (κ2) is 7.64. The molecule has 0 saturated carbocycles. The quantitative estimate of drug-likeness (QED) is 0.730. The largest absolute Gasteiger partial charge is 0.348 e. The number of rotatable bonds is 4. The van der Waals surface area contributed by atoms with Gasteiger partial charge in [0.05, 0.1) is 5.56 Å². The van der Waals surface area contributed by atoms with Crippen LogP contribution in [0.1, 0.15) is 22.3 Å². The lowest BCUT2D eigenvalue weighted by Crippen LogP contribution is -2.37. The Morgan fingerprint density at radius 3 is 2.78 bits per heavy atom. The van der Waals surface area contributed by atoms with E-state index in [0.717, 1.165) is 29.6 Å². The van der Waals surface area contributed by atoms with E-state index in [2.05, 4.69) is 57.1 Å². The van der Waals surface area contributed by atoms with Crippen molar-refractivity contribution in [2.75, 3.05) is 13.1 Å². The maximum Gasteiger partial charge on any atom is 0.252 e. The minimum absolute atomic E-state index is 0.0161. The highest BCUT2D eigenvalue weighted by Crippen LogP contribution is 2.19. The van der Waals surface area contributed by atoms with Crippen LogP contribution >= 0.6 is 34.2 Å². The van der Waals surface area contributed by atoms with Gasteiger partial charge in [-0.05, 0) is 52.8 Å². The van der Waals surface area contributed by atoms with Crippen LogP contribution in [0.15, 0.2) is 48.5 Å². The zero-order valence-electron chi connectivity index (χ0n) is 12.6. The molecule has 1 aliphatic rings. The highest BCUT2D eigenvalue weighted by molar-refractivity contribution is 14.1. The lowest BCUT2D eigenvalue weighted by molar-refractivity contribution is 0.0936. The Morgan fingerprint density at radius 2 is 2.04 bits per heavy atom. The third kappa shape index (κ3) is 4.46. The number of benzene rings is 2. The first kappa shape index (κ1) is 16.7. The molecule has 1 heterocycles. The van der Waals surface area contributed by atoms with Crippen molar-refractivity contribution >= 4 is 40.1 Å². The first-order chi connectivity index (χ1) is 11.1. The molecule has 0 aliphatic carbocycles. The lowest BCUT2D eigenvalue weighted by Gasteiger charge is -2.17. The molecule has 1 atom stereocenters. The van der Waals surface area contributed by atoms with Crippen LogP contribution in [-0.4, -0.2) is 29.9 Å². The molecule has 0 spiro atoms. The average Bonchev–Trinajstić information content (AvgIpc) is 2.95. The topological polar surface area (TPSA) is 32.3 Å². The summed E-state index contributed by atoms with van der Waals surface area (Å²) < 4.78 is 0.881. The van der Waals surface area contributed by atoms with E-state index in [1.165, 1.54) is 5.56 Å². The average molecular weight is 441 g/mol. The fourth-order valence-electron chi connectivity index (χ4n) is 2.87. The molecule has 1 amide bonds. The van der Waals surface area contributed by atoms with Crippen LogP contribution < -0.4 is 5.32 Å². The van der Waals surface area contributed by atoms with E-state index in [1.807, 2.05) is 12.1 Å². The minimum atomic E-state index is -0.0161. The van der Waals surface area contributed by atoms with Gasteiger partial charge in [0, 0.05) is 34.3 Å². The van der Waals surface area contributed by atoms with Gasteiger partial charge in [-0.2, -0.15) is 0 Å². The number of halogens is 2. The van der Waals surface area contributed by atoms with Crippen LogP contribution in [0.2, 0.25) is 5.02 Å². The summed E-state index contributed by atoms with van der Waals surface area (Å²) in [5.74, 6) is -0.0161. The van der Waals surface area contributed by atoms with Crippen molar-refractivity contribution in [2.24, 2.45) is 0 Å². The fourth-order valence-corrected chi connectivity index (χ4v) is 3.99. The molecular weight excluding hydrogens is 423 g/mol. The van der Waals surface area contributed by atoms with Crippen LogP contribution in [0, 0.1) is 3.57 Å². The molecule has 3 rings (SSSR count). The Balaban J connectivity index is 1.56. The van der Waals surface area contributed by atoms with Crippen molar-refractivity contribution in [3.05, 3.63) is 68.3 Å². The molecule has 120 valence electrons. The normalized spacial score (nSPS) is 18.1. The maximum atomic E-state index is 12.4. The number of nitrogens with one attached hydrogen (secondary N) is 1. The van der Waals surface area contributed by atoms with Gasteiger partial charge in [0.25, 0.3) is 5.91 Å². The summed E-state index contributed by atoms with van der Waals surface area (Å²) in [7, 11) is 0. The van der Waals surface area contributed by atoms with Gasteiger partial charge < -0.3 is 5.32 Å². The van der Waals surface area contributed by atoms with E-state index < -0.39 is 0 Å². The Hall–Kier alpha value is -1.11. The fraction of sp³-hybridized carbons (Fsp3) is 0.278. The van der Waals surface area contributed by atoms with Crippen LogP contribution in [0.3, 0.4) is 0 Å². The molecular formula is C18H18ClIN2O. The van der Waals surface area contributed by atoms with Crippen molar-refractivity contribution in [1.29, 1.82) is 0 Å². The highest BCUT2D eigenvalue weighted by Gasteiger charge is 2.24. The third-order valence-electron chi connectivity index (χ3n) is 4.03. The molecule has 3 nitrogen and oxygen atoms in total. The third-order valence-corrected chi connectivity index (χ3v) is 5.16. The first-order valence-corrected chi connectivity index (χ1v) is 9.09. The molecule has 1 N–H and O–H groups in total. The molecule has 0 bridgehead atoms. The van der Waals surface area contributed by atoms with Crippen molar-refractivity contribution in [2.45, 2.75) is 19.0 Å². The zero-order chi connectivity index (χ0) is 16.2. The van der Waals surface area contributed by atoms with Gasteiger partial charge in [0.1, 0.15) is 0 Å². The van der Waals surface area contributed by atoms with Gasteiger partial charge in [0.2, 0.25) is 0 Å². The molecule has 0 aromatic heterocycles. The summed E-state index contributed by atoms with van der Waals surface area (Å²) in [4.78, 5) is 14.8. The number of carbonyl (C=O) groups excluding carboxylic acids is 1. The molecule has 0 radical (unpaired) electrons. The van der Waals surface area contributed by atoms with Gasteiger partial charge in [0.15, 0.2) is 0 Å². The van der Waals surface area contributed by atoms with E-state index >= 15 is 0 Å². The van der Waals surface area contributed by atoms with Crippen molar-refractivity contribution in [1.82, 2.24) is 10.2 Å². The number of nitrogens with zero attached hydrogens (tertiary/aromatic N) is 1. The molecule has 1 saturated heterocycles. The summed E-state index contributed by atoms with van der Waals surface area (Å²) in [5, 5.41) is 3.80. The molecule has 1 aliphatic heterocycles. The van der Waals surface area contributed by atoms with Crippen molar-refractivity contribution in [3.8, 4) is 0 Å². The van der Waals surface area contributed by atoms with E-state index in [0.29, 0.717) is 10.6 Å². The van der Waals surface area contributed by atoms with Gasteiger partial charge in [-0.1, -0.05) is 41.9 Å². The summed E-state index contributed by atoms with van der Waals surface area (Å²) in [6.07, 6.45) is 0.989. The molecule has 1 fully saturated rings. The monoisotopic (exact) mass is 440 g/mol. The standard InChI is InChI=1S/C18H18ClIN2O/c19-14-6-7-16(17(20)10-14)18(23)21-15-8-9-22(12-15)11-13-4-2-1-3-5-13/h1-7,10,15H,8-9,11-12H2,(H,21,23). The number of hydrogen-bond acceptors (Lipinski definition) is 2. The van der Waals surface area contributed by atoms with E-state index in [1.54, 1.807) is 12.1 Å². The number of amides is 1. The maximum absolute atomic E-state index is 12.4. The van der Waals surface area contributed by atoms with Gasteiger partial charge in [-0.3, -0.25) is 9.69 Å². The summed E-state index contributed by atoms with van der Waals surface area (Å²) in [5.41, 5.74) is 2.00. The Kier molecular flexibility index (Phi) is 5.56. The SMILES string of the molecule is O=C(NC1CCN(Cc2ccccc2)C1)c1ccc(Cl)cc1I. The van der Waals surface area contributed by atoms with E-state index in [4.69, 9.17) is 11.6 Å². The Bertz CT molecular complexity index is 693. The van der Waals surface area contributed by atoms with Crippen LogP contribution in [0.4, 0.5) is 0 Å². The van der Waals surface area contributed by atoms with Crippen LogP contribution in [0.25, 0.3) is 0 Å². The van der Waals surface area contributed by atoms with Gasteiger partial charge in [-0.15, -0.1) is 0 Å². The zero-order valence-corrected chi connectivity index (χ0v) is 15.5. The molecule has 1 unspecified atom stereocenters. The molecule has 2 aromatic rings. The van der Waals surface area contributed by atoms with E-state index in [9.17, 15) is 4.79 Å². The van der Waals surface area contributed by atoms with Crippen LogP contribution in [-0.2, 0) is 6.54 Å². The number of likely N-dealkylation sites (tertiary alicyclic amines) is 1. The second-order valence-corrected chi connectivity index (χ2v) is 7.40. The predicted octanol–water partition coefficient (Wildman–Crippen LogP) is 3.95. The van der Waals surface area contributed by atoms with Gasteiger partial charge in [-0.25, -0.2) is 0 Å². The first-order valence-electron chi connectivity index (χ1n) is 7.64.